The van der Waals surface area contributed by atoms with Crippen molar-refractivity contribution in [3.63, 3.8) is 0 Å². The second kappa shape index (κ2) is 8.36. The molecule has 30 heavy (non-hydrogen) atoms. The van der Waals surface area contributed by atoms with Crippen molar-refractivity contribution < 1.29 is 9.84 Å². The molecule has 0 amide bonds. The van der Waals surface area contributed by atoms with Crippen LogP contribution in [0.3, 0.4) is 0 Å². The summed E-state index contributed by atoms with van der Waals surface area (Å²) in [5.41, 5.74) is 1.12. The molecule has 0 saturated heterocycles. The van der Waals surface area contributed by atoms with Gasteiger partial charge in [-0.1, -0.05) is 33.6 Å². The van der Waals surface area contributed by atoms with E-state index >= 15 is 0 Å². The summed E-state index contributed by atoms with van der Waals surface area (Å²) < 4.78 is 5.65. The molecule has 4 aliphatic rings. The van der Waals surface area contributed by atoms with Crippen LogP contribution in [0.25, 0.3) is 0 Å². The molecule has 0 aliphatic heterocycles. The molecule has 0 unspecified atom stereocenters. The van der Waals surface area contributed by atoms with Gasteiger partial charge in [-0.2, -0.15) is 0 Å². The van der Waals surface area contributed by atoms with Crippen molar-refractivity contribution in [2.45, 2.75) is 123 Å². The van der Waals surface area contributed by atoms with E-state index in [1.54, 1.807) is 0 Å². The molecule has 4 aliphatic carbocycles. The van der Waals surface area contributed by atoms with Gasteiger partial charge in [0.15, 0.2) is 0 Å². The summed E-state index contributed by atoms with van der Waals surface area (Å²) in [6.45, 7) is 12.3. The van der Waals surface area contributed by atoms with Crippen molar-refractivity contribution in [3.8, 4) is 0 Å². The maximum absolute atomic E-state index is 10.3. The predicted molar refractivity (Wildman–Crippen MR) is 125 cm³/mol. The minimum absolute atomic E-state index is 0.0201. The Morgan fingerprint density at radius 1 is 0.967 bits per heavy atom. The van der Waals surface area contributed by atoms with E-state index in [0.717, 1.165) is 48.3 Å². The van der Waals surface area contributed by atoms with E-state index in [1.165, 1.54) is 64.2 Å². The van der Waals surface area contributed by atoms with Crippen LogP contribution in [-0.2, 0) is 4.74 Å². The lowest BCUT2D eigenvalue weighted by atomic mass is 9.44. The van der Waals surface area contributed by atoms with Crippen LogP contribution in [0, 0.1) is 46.3 Å². The lowest BCUT2D eigenvalue weighted by Crippen LogP contribution is -2.54. The van der Waals surface area contributed by atoms with Gasteiger partial charge in [-0.05, 0) is 124 Å². The molecule has 2 heteroatoms. The highest BCUT2D eigenvalue weighted by Gasteiger charge is 2.60. The van der Waals surface area contributed by atoms with Gasteiger partial charge in [0.1, 0.15) is 0 Å². The van der Waals surface area contributed by atoms with E-state index in [2.05, 4.69) is 34.6 Å². The van der Waals surface area contributed by atoms with Crippen molar-refractivity contribution >= 4 is 0 Å². The molecular weight excluding hydrogens is 368 g/mol. The molecule has 1 N–H and O–H groups in total. The number of methoxy groups -OCH3 is 1. The van der Waals surface area contributed by atoms with E-state index in [1.807, 2.05) is 7.11 Å². The Bertz CT molecular complexity index is 599. The van der Waals surface area contributed by atoms with Gasteiger partial charge in [0.2, 0.25) is 0 Å². The van der Waals surface area contributed by atoms with Gasteiger partial charge in [0, 0.05) is 7.11 Å². The highest BCUT2D eigenvalue weighted by molar-refractivity contribution is 5.09. The first-order chi connectivity index (χ1) is 14.1. The van der Waals surface area contributed by atoms with Gasteiger partial charge < -0.3 is 9.84 Å². The number of hydrogen-bond donors (Lipinski definition) is 1. The monoisotopic (exact) mass is 418 g/mol. The SMILES string of the molecule is COC(C)(C)CCC[C@@H](C)[C@H]1CC[C@H]2[C@@H]3CC[C@H]4C[C@@H](O)CC[C@]4(C)[C@H]3CC[C@]12C. The molecule has 9 atom stereocenters. The molecule has 0 radical (unpaired) electrons. The number of rotatable bonds is 6. The summed E-state index contributed by atoms with van der Waals surface area (Å²) in [6.07, 6.45) is 15.9. The zero-order chi connectivity index (χ0) is 21.7. The largest absolute Gasteiger partial charge is 0.393 e. The standard InChI is InChI=1S/C28H50O2/c1-19(8-7-15-26(2,3)30-6)23-11-12-24-22-10-9-20-18-21(29)13-16-27(20,4)25(22)14-17-28(23,24)5/h19-25,29H,7-18H2,1-6H3/t19-,20+,21+,22+,23-,24+,25+,27+,28-/m1/s1. The quantitative estimate of drug-likeness (QED) is 0.492. The van der Waals surface area contributed by atoms with Gasteiger partial charge in [-0.3, -0.25) is 0 Å². The minimum Gasteiger partial charge on any atom is -0.393 e. The summed E-state index contributed by atoms with van der Waals surface area (Å²) >= 11 is 0. The van der Waals surface area contributed by atoms with E-state index in [0.29, 0.717) is 10.8 Å². The smallest absolute Gasteiger partial charge is 0.0622 e. The van der Waals surface area contributed by atoms with E-state index in [-0.39, 0.29) is 11.7 Å². The van der Waals surface area contributed by atoms with Crippen LogP contribution in [0.1, 0.15) is 112 Å². The van der Waals surface area contributed by atoms with Gasteiger partial charge in [-0.15, -0.1) is 0 Å². The van der Waals surface area contributed by atoms with Crippen molar-refractivity contribution in [2.24, 2.45) is 46.3 Å². The van der Waals surface area contributed by atoms with Gasteiger partial charge in [0.05, 0.1) is 11.7 Å². The first-order valence-corrected chi connectivity index (χ1v) is 13.3. The first-order valence-electron chi connectivity index (χ1n) is 13.3. The number of aliphatic hydroxyl groups excluding tert-OH is 1. The summed E-state index contributed by atoms with van der Waals surface area (Å²) in [5, 5.41) is 10.3. The van der Waals surface area contributed by atoms with Crippen LogP contribution in [-0.4, -0.2) is 23.9 Å². The maximum Gasteiger partial charge on any atom is 0.0622 e. The second-order valence-electron chi connectivity index (χ2n) is 13.1. The van der Waals surface area contributed by atoms with Crippen molar-refractivity contribution in [1.82, 2.24) is 0 Å². The molecular formula is C28H50O2. The van der Waals surface area contributed by atoms with Gasteiger partial charge >= 0.3 is 0 Å². The molecule has 4 fully saturated rings. The second-order valence-corrected chi connectivity index (χ2v) is 13.1. The molecule has 0 spiro atoms. The third-order valence-electron chi connectivity index (χ3n) is 11.4. The Hall–Kier alpha value is -0.0800. The Kier molecular flexibility index (Phi) is 6.44. The van der Waals surface area contributed by atoms with Crippen LogP contribution in [0.5, 0.6) is 0 Å². The van der Waals surface area contributed by atoms with Crippen molar-refractivity contribution in [3.05, 3.63) is 0 Å². The van der Waals surface area contributed by atoms with E-state index in [4.69, 9.17) is 4.74 Å². The summed E-state index contributed by atoms with van der Waals surface area (Å²) in [5.74, 6) is 5.41. The van der Waals surface area contributed by atoms with Crippen LogP contribution in [0.2, 0.25) is 0 Å². The summed E-state index contributed by atoms with van der Waals surface area (Å²) in [7, 11) is 1.85. The molecule has 0 bridgehead atoms. The van der Waals surface area contributed by atoms with Gasteiger partial charge in [0.25, 0.3) is 0 Å². The number of ether oxygens (including phenoxy) is 1. The number of fused-ring (bicyclic) bond motifs is 5. The molecule has 4 rings (SSSR count). The average molecular weight is 419 g/mol. The first kappa shape index (κ1) is 23.1. The molecule has 0 aromatic heterocycles. The average Bonchev–Trinajstić information content (AvgIpc) is 3.05. The summed E-state index contributed by atoms with van der Waals surface area (Å²) in [6, 6.07) is 0. The molecule has 0 aromatic carbocycles. The third-order valence-corrected chi connectivity index (χ3v) is 11.4. The predicted octanol–water partition coefficient (Wildman–Crippen LogP) is 7.24. The highest BCUT2D eigenvalue weighted by Crippen LogP contribution is 2.68. The van der Waals surface area contributed by atoms with Crippen LogP contribution in [0.15, 0.2) is 0 Å². The Balaban J connectivity index is 1.42. The van der Waals surface area contributed by atoms with Crippen molar-refractivity contribution in [1.29, 1.82) is 0 Å². The molecule has 0 heterocycles. The van der Waals surface area contributed by atoms with Crippen LogP contribution < -0.4 is 0 Å². The zero-order valence-corrected chi connectivity index (χ0v) is 20.9. The third kappa shape index (κ3) is 3.91. The lowest BCUT2D eigenvalue weighted by Gasteiger charge is -2.61. The molecule has 2 nitrogen and oxygen atoms in total. The van der Waals surface area contributed by atoms with Crippen LogP contribution in [0.4, 0.5) is 0 Å². The molecule has 174 valence electrons. The fraction of sp³-hybridized carbons (Fsp3) is 1.00. The summed E-state index contributed by atoms with van der Waals surface area (Å²) in [4.78, 5) is 0. The van der Waals surface area contributed by atoms with E-state index < -0.39 is 0 Å². The lowest BCUT2D eigenvalue weighted by molar-refractivity contribution is -0.129. The zero-order valence-electron chi connectivity index (χ0n) is 20.9. The maximum atomic E-state index is 10.3. The number of aliphatic hydroxyl groups is 1. The normalized spacial score (nSPS) is 47.3. The molecule has 4 saturated carbocycles. The minimum atomic E-state index is -0.0201. The number of hydrogen-bond acceptors (Lipinski definition) is 2. The molecule has 0 aromatic rings. The van der Waals surface area contributed by atoms with Crippen LogP contribution >= 0.6 is 0 Å². The fourth-order valence-corrected chi connectivity index (χ4v) is 9.36. The Morgan fingerprint density at radius 2 is 1.67 bits per heavy atom. The Morgan fingerprint density at radius 3 is 2.40 bits per heavy atom. The topological polar surface area (TPSA) is 29.5 Å². The fourth-order valence-electron chi connectivity index (χ4n) is 9.36. The van der Waals surface area contributed by atoms with Gasteiger partial charge in [-0.25, -0.2) is 0 Å². The van der Waals surface area contributed by atoms with E-state index in [9.17, 15) is 5.11 Å². The Labute approximate surface area is 186 Å². The van der Waals surface area contributed by atoms with Crippen molar-refractivity contribution in [2.75, 3.05) is 7.11 Å². The highest BCUT2D eigenvalue weighted by atomic mass is 16.5.